The lowest BCUT2D eigenvalue weighted by atomic mass is 9.92. The van der Waals surface area contributed by atoms with E-state index in [1.807, 2.05) is 45.3 Å². The lowest BCUT2D eigenvalue weighted by Gasteiger charge is -2.23. The topological polar surface area (TPSA) is 248 Å². The molecular weight excluding hydrogens is 963 g/mol. The van der Waals surface area contributed by atoms with Crippen molar-refractivity contribution >= 4 is 10.9 Å². The fourth-order valence-electron chi connectivity index (χ4n) is 5.93. The van der Waals surface area contributed by atoms with Crippen molar-refractivity contribution in [3.8, 4) is 0 Å². The molecule has 18 heteroatoms. The van der Waals surface area contributed by atoms with Crippen molar-refractivity contribution in [3.05, 3.63) is 151 Å². The molecule has 18 nitrogen and oxygen atoms in total. The minimum atomic E-state index is 0.00694. The number of H-pyrrole nitrogens is 7. The first kappa shape index (κ1) is 66.0. The first-order valence-electron chi connectivity index (χ1n) is 26.3. The number of tetrazole rings is 1. The molecule has 7 aromatic heterocycles. The van der Waals surface area contributed by atoms with Crippen molar-refractivity contribution in [2.45, 2.75) is 204 Å². The highest BCUT2D eigenvalue weighted by Crippen LogP contribution is 2.26. The van der Waals surface area contributed by atoms with Crippen LogP contribution in [0.25, 0.3) is 10.9 Å². The molecule has 0 bridgehead atoms. The molecule has 1 aromatic carbocycles. The van der Waals surface area contributed by atoms with Crippen LogP contribution in [0.5, 0.6) is 0 Å². The van der Waals surface area contributed by atoms with Crippen molar-refractivity contribution in [1.82, 2.24) is 86.7 Å². The van der Waals surface area contributed by atoms with E-state index in [4.69, 9.17) is 4.74 Å². The van der Waals surface area contributed by atoms with E-state index in [-0.39, 0.29) is 43.3 Å². The van der Waals surface area contributed by atoms with Gasteiger partial charge in [0.1, 0.15) is 30.5 Å². The van der Waals surface area contributed by atoms with Gasteiger partial charge < -0.3 is 25.0 Å². The third-order valence-electron chi connectivity index (χ3n) is 11.0. The number of aromatic nitrogens is 16. The molecule has 1 aliphatic rings. The van der Waals surface area contributed by atoms with Gasteiger partial charge >= 0.3 is 0 Å². The Kier molecular flexibility index (Phi) is 24.3. The third-order valence-corrected chi connectivity index (χ3v) is 11.0. The number of aromatic amines is 7. The summed E-state index contributed by atoms with van der Waals surface area (Å²) in [6.45, 7) is 51.2. The van der Waals surface area contributed by atoms with Crippen LogP contribution in [0.4, 0.5) is 0 Å². The van der Waals surface area contributed by atoms with Gasteiger partial charge in [0.05, 0.1) is 17.6 Å². The predicted molar refractivity (Wildman–Crippen MR) is 315 cm³/mol. The van der Waals surface area contributed by atoms with Gasteiger partial charge in [-0.1, -0.05) is 190 Å². The van der Waals surface area contributed by atoms with Crippen LogP contribution in [0.15, 0.2) is 110 Å². The quantitative estimate of drug-likeness (QED) is 0.0709. The van der Waals surface area contributed by atoms with Gasteiger partial charge in [0.25, 0.3) is 0 Å². The van der Waals surface area contributed by atoms with Crippen LogP contribution in [0, 0.1) is 5.41 Å². The SMILES string of the molecule is CC(C)(C)C1=COC=CN1.CC(C)(C)c1cc2ccccc2[nH]1.CC(C)(C)c1ccc[nH]1.CC(C)(C)c1ccn[nH]1.CC(C)(C)c1cn[nH]n1.CC(C)(C)c1ncc[nH]1.CC(C)(C)c1ncn[nH]1.CC(C)(C)c1nn[nH]n1. The Morgan fingerprint density at radius 1 is 0.481 bits per heavy atom. The van der Waals surface area contributed by atoms with E-state index in [2.05, 4.69) is 268 Å². The molecule has 0 atom stereocenters. The molecule has 77 heavy (non-hydrogen) atoms. The lowest BCUT2D eigenvalue weighted by molar-refractivity contribution is 0.350. The average Bonchev–Trinajstić information content (AvgIpc) is 4.17. The summed E-state index contributed by atoms with van der Waals surface area (Å²) in [7, 11) is 0. The molecule has 9 rings (SSSR count). The van der Waals surface area contributed by atoms with Crippen molar-refractivity contribution in [2.75, 3.05) is 0 Å². The van der Waals surface area contributed by atoms with Crippen LogP contribution < -0.4 is 5.32 Å². The van der Waals surface area contributed by atoms with Crippen LogP contribution >= 0.6 is 0 Å². The maximum atomic E-state index is 5.00. The van der Waals surface area contributed by atoms with Gasteiger partial charge in [-0.15, -0.1) is 10.2 Å². The van der Waals surface area contributed by atoms with Crippen molar-refractivity contribution in [2.24, 2.45) is 5.41 Å². The fourth-order valence-corrected chi connectivity index (χ4v) is 5.93. The number of benzene rings is 1. The van der Waals surface area contributed by atoms with Gasteiger partial charge in [-0.25, -0.2) is 9.97 Å². The maximum absolute atomic E-state index is 5.00. The number of hydrogen-bond acceptors (Lipinski definition) is 11. The molecule has 0 saturated heterocycles. The van der Waals surface area contributed by atoms with Crippen LogP contribution in [-0.4, -0.2) is 81.3 Å². The number of imidazole rings is 1. The second-order valence-corrected chi connectivity index (χ2v) is 26.8. The Balaban J connectivity index is 0.000000302. The smallest absolute Gasteiger partial charge is 0.179 e. The summed E-state index contributed by atoms with van der Waals surface area (Å²) in [6, 6.07) is 16.8. The van der Waals surface area contributed by atoms with E-state index in [1.165, 1.54) is 34.3 Å². The van der Waals surface area contributed by atoms with Crippen LogP contribution in [0.3, 0.4) is 0 Å². The molecule has 8 N–H and O–H groups in total. The number of para-hydroxylation sites is 1. The molecule has 0 amide bonds. The Labute approximate surface area is 460 Å². The molecule has 0 spiro atoms. The van der Waals surface area contributed by atoms with Gasteiger partial charge in [0, 0.05) is 96.9 Å². The highest BCUT2D eigenvalue weighted by Gasteiger charge is 2.21. The van der Waals surface area contributed by atoms with Gasteiger partial charge in [-0.3, -0.25) is 10.2 Å². The fraction of sp³-hybridized carbons (Fsp3) is 0.542. The van der Waals surface area contributed by atoms with Gasteiger partial charge in [0.15, 0.2) is 5.82 Å². The van der Waals surface area contributed by atoms with E-state index in [0.29, 0.717) is 0 Å². The molecule has 0 aliphatic carbocycles. The average molecular weight is 1060 g/mol. The summed E-state index contributed by atoms with van der Waals surface area (Å²) in [5.74, 6) is 2.73. The molecule has 1 aliphatic heterocycles. The molecule has 8 heterocycles. The second-order valence-electron chi connectivity index (χ2n) is 26.8. The van der Waals surface area contributed by atoms with Crippen molar-refractivity contribution < 1.29 is 4.74 Å². The van der Waals surface area contributed by atoms with E-state index in [1.54, 1.807) is 37.3 Å². The first-order chi connectivity index (χ1) is 35.3. The Hall–Kier alpha value is -7.11. The molecule has 424 valence electrons. The number of fused-ring (bicyclic) bond motifs is 1. The number of rotatable bonds is 0. The first-order valence-corrected chi connectivity index (χ1v) is 26.3. The van der Waals surface area contributed by atoms with Crippen LogP contribution in [0.2, 0.25) is 0 Å². The standard InChI is InChI=1S/C12H15N.C8H13NO.C8H13N.2C7H12N2.2C6H11N3.C5H10N4/c1-12(2,3)11-8-9-6-4-5-7-10(9)13-11;1-8(2,3)7-6-10-5-4-9-7;1-8(2,3)7-5-4-6-9-7;1-7(2,3)6-8-4-5-9-6;1-7(2,3)6-4-5-8-9-6;1-6(2,3)5-7-4-8-9-5;1-6(2,3)5-4-7-9-8-5;1-5(2,3)4-6-8-9-7-4/h4-8,13H,1-3H3;4-6,9H,1-3H3;4-6,9H,1-3H3;2*4-5H,1-3H3,(H,8,9);2*4H,1-3H3,(H,7,8,9);1-3H3,(H,6,7,8,9). The largest absolute Gasteiger partial charge is 0.469 e. The second kappa shape index (κ2) is 28.3. The number of ether oxygens (including phenoxy) is 1. The number of nitrogens with one attached hydrogen (secondary N) is 8. The maximum Gasteiger partial charge on any atom is 0.179 e. The minimum Gasteiger partial charge on any atom is -0.469 e. The molecule has 0 fully saturated rings. The van der Waals surface area contributed by atoms with Crippen LogP contribution in [0.1, 0.15) is 206 Å². The van der Waals surface area contributed by atoms with Gasteiger partial charge in [-0.2, -0.15) is 30.8 Å². The Bertz CT molecular complexity index is 2400. The molecule has 0 radical (unpaired) electrons. The zero-order valence-electron chi connectivity index (χ0n) is 51.2. The Morgan fingerprint density at radius 2 is 1.12 bits per heavy atom. The number of hydrogen-bond donors (Lipinski definition) is 8. The normalized spacial score (nSPS) is 12.6. The highest BCUT2D eigenvalue weighted by molar-refractivity contribution is 5.80. The van der Waals surface area contributed by atoms with E-state index in [9.17, 15) is 0 Å². The summed E-state index contributed by atoms with van der Waals surface area (Å²) in [6.07, 6.45) is 15.8. The molecule has 0 unspecified atom stereocenters. The summed E-state index contributed by atoms with van der Waals surface area (Å²) in [5.41, 5.74) is 8.31. The van der Waals surface area contributed by atoms with E-state index >= 15 is 0 Å². The zero-order valence-corrected chi connectivity index (χ0v) is 51.2. The van der Waals surface area contributed by atoms with Crippen LogP contribution in [-0.2, 0) is 42.6 Å². The summed E-state index contributed by atoms with van der Waals surface area (Å²) in [5, 5.41) is 41.6. The van der Waals surface area contributed by atoms with Gasteiger partial charge in [-0.05, 0) is 35.7 Å². The molecule has 8 aromatic rings. The monoisotopic (exact) mass is 1060 g/mol. The number of nitrogens with zero attached hydrogens (tertiary/aromatic N) is 9. The molecule has 0 saturated carbocycles. The molecular formula is C59H97N17O. The highest BCUT2D eigenvalue weighted by atomic mass is 16.5. The summed E-state index contributed by atoms with van der Waals surface area (Å²) < 4.78 is 5.00. The predicted octanol–water partition coefficient (Wildman–Crippen LogP) is 13.9. The van der Waals surface area contributed by atoms with E-state index < -0.39 is 0 Å². The van der Waals surface area contributed by atoms with Crippen molar-refractivity contribution in [1.29, 1.82) is 0 Å². The van der Waals surface area contributed by atoms with Gasteiger partial charge in [0.2, 0.25) is 0 Å². The zero-order chi connectivity index (χ0) is 58.5. The Morgan fingerprint density at radius 3 is 1.42 bits per heavy atom. The summed E-state index contributed by atoms with van der Waals surface area (Å²) >= 11 is 0. The van der Waals surface area contributed by atoms with E-state index in [0.717, 1.165) is 28.9 Å². The third kappa shape index (κ3) is 25.5. The lowest BCUT2D eigenvalue weighted by Crippen LogP contribution is -2.22. The minimum absolute atomic E-state index is 0.00694. The summed E-state index contributed by atoms with van der Waals surface area (Å²) in [4.78, 5) is 17.8. The number of allylic oxidation sites excluding steroid dienone is 1. The van der Waals surface area contributed by atoms with Crippen molar-refractivity contribution in [3.63, 3.8) is 0 Å².